The first-order chi connectivity index (χ1) is 25.4. The van der Waals surface area contributed by atoms with E-state index in [-0.39, 0.29) is 24.0 Å². The molecule has 0 aromatic rings. The van der Waals surface area contributed by atoms with E-state index in [1.54, 1.807) is 0 Å². The van der Waals surface area contributed by atoms with Crippen LogP contribution in [-0.4, -0.2) is 63.8 Å². The fourth-order valence-corrected chi connectivity index (χ4v) is 6.53. The average Bonchev–Trinajstić information content (AvgIpc) is 3.13. The van der Waals surface area contributed by atoms with Crippen molar-refractivity contribution in [3.8, 4) is 0 Å². The minimum absolute atomic E-state index is 0.0146. The summed E-state index contributed by atoms with van der Waals surface area (Å²) < 4.78 is 15.4. The third-order valence-corrected chi connectivity index (χ3v) is 9.87. The number of hydrogen-bond donors (Lipinski definition) is 0. The van der Waals surface area contributed by atoms with Gasteiger partial charge in [-0.1, -0.05) is 114 Å². The molecule has 0 radical (unpaired) electrons. The predicted molar refractivity (Wildman–Crippen MR) is 218 cm³/mol. The molecule has 0 saturated carbocycles. The smallest absolute Gasteiger partial charge is 0.306 e. The van der Waals surface area contributed by atoms with E-state index in [0.717, 1.165) is 64.3 Å². The fourth-order valence-electron chi connectivity index (χ4n) is 6.53. The molecule has 0 amide bonds. The van der Waals surface area contributed by atoms with Crippen molar-refractivity contribution in [3.63, 3.8) is 0 Å². The van der Waals surface area contributed by atoms with Gasteiger partial charge in [-0.25, -0.2) is 0 Å². The van der Waals surface area contributed by atoms with Crippen molar-refractivity contribution in [1.29, 1.82) is 0 Å². The zero-order chi connectivity index (χ0) is 38.2. The molecule has 0 heterocycles. The summed E-state index contributed by atoms with van der Waals surface area (Å²) in [7, 11) is 7.01. The third-order valence-electron chi connectivity index (χ3n) is 9.87. The van der Waals surface area contributed by atoms with Crippen molar-refractivity contribution >= 4 is 17.9 Å². The maximum absolute atomic E-state index is 12.6. The number of carbonyl (C=O) groups excluding carboxylic acids is 3. The van der Waals surface area contributed by atoms with Crippen LogP contribution in [0.2, 0.25) is 0 Å². The summed E-state index contributed by atoms with van der Waals surface area (Å²) in [5, 5.41) is 0. The Labute approximate surface area is 321 Å². The quantitative estimate of drug-likeness (QED) is 0.0269. The Morgan fingerprint density at radius 2 is 0.731 bits per heavy atom. The van der Waals surface area contributed by atoms with Gasteiger partial charge in [0.15, 0.2) is 0 Å². The van der Waals surface area contributed by atoms with Crippen LogP contribution in [0.25, 0.3) is 0 Å². The van der Waals surface area contributed by atoms with E-state index in [1.165, 1.54) is 143 Å². The van der Waals surface area contributed by atoms with E-state index in [2.05, 4.69) is 38.7 Å². The Morgan fingerprint density at radius 1 is 0.423 bits per heavy atom. The molecule has 0 N–H and O–H groups in total. The van der Waals surface area contributed by atoms with Gasteiger partial charge in [-0.05, 0) is 117 Å². The van der Waals surface area contributed by atoms with Crippen molar-refractivity contribution in [2.75, 3.05) is 34.9 Å². The molecule has 0 aliphatic carbocycles. The molecular weight excluding hydrogens is 650 g/mol. The highest BCUT2D eigenvalue weighted by atomic mass is 16.5. The second-order valence-electron chi connectivity index (χ2n) is 15.1. The van der Waals surface area contributed by atoms with Gasteiger partial charge < -0.3 is 19.1 Å². The van der Waals surface area contributed by atoms with Crippen LogP contribution >= 0.6 is 0 Å². The van der Waals surface area contributed by atoms with Crippen LogP contribution in [0.1, 0.15) is 205 Å². The minimum atomic E-state index is -0.0924. The highest BCUT2D eigenvalue weighted by Crippen LogP contribution is 2.19. The van der Waals surface area contributed by atoms with Crippen LogP contribution < -0.4 is 0 Å². The second kappa shape index (κ2) is 40.0. The molecule has 0 spiro atoms. The topological polar surface area (TPSA) is 82.1 Å². The monoisotopic (exact) mass is 734 g/mol. The second-order valence-corrected chi connectivity index (χ2v) is 15.1. The first-order valence-electron chi connectivity index (χ1n) is 21.7. The molecule has 0 aliphatic rings. The van der Waals surface area contributed by atoms with Crippen molar-refractivity contribution in [2.24, 2.45) is 0 Å². The lowest BCUT2D eigenvalue weighted by molar-refractivity contribution is -0.150. The molecule has 7 nitrogen and oxygen atoms in total. The first-order valence-corrected chi connectivity index (χ1v) is 21.7. The normalized spacial score (nSPS) is 11.7. The van der Waals surface area contributed by atoms with Gasteiger partial charge in [-0.3, -0.25) is 14.4 Å². The third kappa shape index (κ3) is 39.1. The summed E-state index contributed by atoms with van der Waals surface area (Å²) in [6, 6.07) is 0. The van der Waals surface area contributed by atoms with Crippen LogP contribution in [0.15, 0.2) is 24.3 Å². The zero-order valence-corrected chi connectivity index (χ0v) is 34.6. The molecule has 0 unspecified atom stereocenters. The van der Waals surface area contributed by atoms with Crippen molar-refractivity contribution < 1.29 is 28.6 Å². The van der Waals surface area contributed by atoms with Crippen LogP contribution in [0, 0.1) is 0 Å². The van der Waals surface area contributed by atoms with E-state index in [4.69, 9.17) is 4.74 Å². The Balaban J connectivity index is 3.93. The van der Waals surface area contributed by atoms with E-state index in [0.29, 0.717) is 19.3 Å². The lowest BCUT2D eigenvalue weighted by Gasteiger charge is -2.18. The van der Waals surface area contributed by atoms with E-state index >= 15 is 0 Å². The van der Waals surface area contributed by atoms with Crippen molar-refractivity contribution in [2.45, 2.75) is 212 Å². The first kappa shape index (κ1) is 49.9. The number of esters is 3. The van der Waals surface area contributed by atoms with Gasteiger partial charge in [-0.2, -0.15) is 0 Å². The number of methoxy groups -OCH3 is 2. The summed E-state index contributed by atoms with van der Waals surface area (Å²) in [5.41, 5.74) is 0. The highest BCUT2D eigenvalue weighted by Gasteiger charge is 2.14. The number of hydrogen-bond acceptors (Lipinski definition) is 7. The average molecular weight is 734 g/mol. The van der Waals surface area contributed by atoms with E-state index in [1.807, 2.05) is 14.1 Å². The molecule has 0 saturated heterocycles. The molecule has 0 aromatic heterocycles. The Bertz CT molecular complexity index is 814. The van der Waals surface area contributed by atoms with Crippen LogP contribution in [0.5, 0.6) is 0 Å². The maximum Gasteiger partial charge on any atom is 0.306 e. The fraction of sp³-hybridized carbons (Fsp3) is 0.844. The van der Waals surface area contributed by atoms with Gasteiger partial charge in [0.2, 0.25) is 0 Å². The maximum atomic E-state index is 12.6. The molecular formula is C45H83NO6. The van der Waals surface area contributed by atoms with Gasteiger partial charge in [0, 0.05) is 19.3 Å². The molecule has 52 heavy (non-hydrogen) atoms. The van der Waals surface area contributed by atoms with Crippen molar-refractivity contribution in [3.05, 3.63) is 24.3 Å². The van der Waals surface area contributed by atoms with Gasteiger partial charge in [-0.15, -0.1) is 0 Å². The molecule has 0 rings (SSSR count). The summed E-state index contributed by atoms with van der Waals surface area (Å²) >= 11 is 0. The van der Waals surface area contributed by atoms with Crippen LogP contribution in [0.4, 0.5) is 0 Å². The number of rotatable bonds is 39. The Hall–Kier alpha value is -2.15. The lowest BCUT2D eigenvalue weighted by atomic mass is 10.0. The summed E-state index contributed by atoms with van der Waals surface area (Å²) in [5.74, 6) is -0.199. The van der Waals surface area contributed by atoms with Gasteiger partial charge >= 0.3 is 17.9 Å². The molecule has 0 fully saturated rings. The summed E-state index contributed by atoms with van der Waals surface area (Å²) in [4.78, 5) is 36.9. The largest absolute Gasteiger partial charge is 0.469 e. The van der Waals surface area contributed by atoms with Crippen LogP contribution in [-0.2, 0) is 28.6 Å². The zero-order valence-electron chi connectivity index (χ0n) is 34.6. The van der Waals surface area contributed by atoms with Crippen LogP contribution in [0.3, 0.4) is 0 Å². The Kier molecular flexibility index (Phi) is 38.4. The SMILES string of the molecule is COC(=O)CCCCCCC/C=C\CCCCCCCCC(CCCCCCCC/C=C\CCCCCCCC(=O)OC)OC(=O)CCCN(C)C. The van der Waals surface area contributed by atoms with E-state index < -0.39 is 0 Å². The molecule has 0 aliphatic heterocycles. The van der Waals surface area contributed by atoms with E-state index in [9.17, 15) is 14.4 Å². The summed E-state index contributed by atoms with van der Waals surface area (Å²) in [6.07, 6.45) is 45.3. The number of nitrogens with zero attached hydrogens (tertiary/aromatic N) is 1. The molecule has 304 valence electrons. The number of ether oxygens (including phenoxy) is 3. The van der Waals surface area contributed by atoms with Gasteiger partial charge in [0.1, 0.15) is 6.10 Å². The predicted octanol–water partition coefficient (Wildman–Crippen LogP) is 12.4. The minimum Gasteiger partial charge on any atom is -0.469 e. The summed E-state index contributed by atoms with van der Waals surface area (Å²) in [6.45, 7) is 0.924. The standard InChI is InChI=1S/C45H83NO6/c1-46(2)41-35-40-45(49)52-42(36-31-27-23-19-15-11-7-5-9-13-17-21-25-29-33-38-43(47)50-3)37-32-28-24-20-16-12-8-6-10-14-18-22-26-30-34-39-44(48)51-4/h5-6,9-10,42H,7-8,11-41H2,1-4H3/b9-5-,10-6-. The molecule has 0 atom stereocenters. The highest BCUT2D eigenvalue weighted by molar-refractivity contribution is 5.69. The molecule has 0 bridgehead atoms. The van der Waals surface area contributed by atoms with Gasteiger partial charge in [0.25, 0.3) is 0 Å². The number of unbranched alkanes of at least 4 members (excludes halogenated alkanes) is 22. The van der Waals surface area contributed by atoms with Crippen molar-refractivity contribution in [1.82, 2.24) is 4.90 Å². The Morgan fingerprint density at radius 3 is 1.08 bits per heavy atom. The number of allylic oxidation sites excluding steroid dienone is 4. The molecule has 0 aromatic carbocycles. The number of carbonyl (C=O) groups is 3. The molecule has 7 heteroatoms. The van der Waals surface area contributed by atoms with Gasteiger partial charge in [0.05, 0.1) is 14.2 Å². The lowest BCUT2D eigenvalue weighted by Crippen LogP contribution is -2.20.